The molecule has 2 rings (SSSR count). The Hall–Kier alpha value is -2.89. The Labute approximate surface area is 153 Å². The van der Waals surface area contributed by atoms with E-state index < -0.39 is 18.5 Å². The smallest absolute Gasteiger partial charge is 0.355 e. The number of carbonyl (C=O) groups excluding carboxylic acids is 3. The molecule has 1 heterocycles. The van der Waals surface area contributed by atoms with Gasteiger partial charge in [-0.3, -0.25) is 9.59 Å². The third-order valence-electron chi connectivity index (χ3n) is 4.15. The number of aryl methyl sites for hydroxylation is 2. The first kappa shape index (κ1) is 19.4. The lowest BCUT2D eigenvalue weighted by molar-refractivity contribution is -0.119. The summed E-state index contributed by atoms with van der Waals surface area (Å²) in [6.45, 7) is 7.04. The highest BCUT2D eigenvalue weighted by atomic mass is 16.5. The molecular formula is C20H24N2O4. The van der Waals surface area contributed by atoms with Crippen LogP contribution in [0.25, 0.3) is 0 Å². The summed E-state index contributed by atoms with van der Waals surface area (Å²) in [4.78, 5) is 35.8. The number of ether oxygens (including phenoxy) is 1. The molecule has 0 unspecified atom stereocenters. The van der Waals surface area contributed by atoms with E-state index in [1.165, 1.54) is 17.6 Å². The first-order valence-electron chi connectivity index (χ1n) is 8.44. The van der Waals surface area contributed by atoms with Crippen LogP contribution in [0.5, 0.6) is 0 Å². The highest BCUT2D eigenvalue weighted by molar-refractivity contribution is 5.99. The van der Waals surface area contributed by atoms with Crippen molar-refractivity contribution in [1.82, 2.24) is 4.57 Å². The van der Waals surface area contributed by atoms with E-state index in [0.29, 0.717) is 5.56 Å². The minimum Gasteiger partial charge on any atom is -0.451 e. The number of ketones is 1. The predicted octanol–water partition coefficient (Wildman–Crippen LogP) is 3.46. The van der Waals surface area contributed by atoms with Crippen LogP contribution < -0.4 is 5.32 Å². The molecule has 0 spiro atoms. The van der Waals surface area contributed by atoms with E-state index in [0.717, 1.165) is 16.8 Å². The molecule has 0 saturated heterocycles. The second kappa shape index (κ2) is 7.99. The van der Waals surface area contributed by atoms with Crippen molar-refractivity contribution in [2.75, 3.05) is 11.9 Å². The summed E-state index contributed by atoms with van der Waals surface area (Å²) >= 11 is 0. The highest BCUT2D eigenvalue weighted by Crippen LogP contribution is 2.27. The van der Waals surface area contributed by atoms with Gasteiger partial charge in [-0.15, -0.1) is 0 Å². The van der Waals surface area contributed by atoms with Gasteiger partial charge in [-0.25, -0.2) is 4.79 Å². The fourth-order valence-electron chi connectivity index (χ4n) is 2.68. The topological polar surface area (TPSA) is 77.4 Å². The summed E-state index contributed by atoms with van der Waals surface area (Å²) in [7, 11) is 1.64. The summed E-state index contributed by atoms with van der Waals surface area (Å²) in [5.74, 6) is -0.946. The van der Waals surface area contributed by atoms with Gasteiger partial charge in [0.1, 0.15) is 5.69 Å². The largest absolute Gasteiger partial charge is 0.451 e. The third kappa shape index (κ3) is 4.39. The number of hydrogen-bond acceptors (Lipinski definition) is 4. The van der Waals surface area contributed by atoms with Crippen LogP contribution in [0, 0.1) is 6.92 Å². The number of Topliss-reactive ketones (excluding diaryl/α,β-unsaturated/α-hetero) is 1. The van der Waals surface area contributed by atoms with Crippen LogP contribution >= 0.6 is 0 Å². The number of benzene rings is 1. The van der Waals surface area contributed by atoms with Gasteiger partial charge in [-0.1, -0.05) is 32.0 Å². The molecule has 0 saturated carbocycles. The number of anilines is 1. The van der Waals surface area contributed by atoms with Crippen molar-refractivity contribution in [1.29, 1.82) is 0 Å². The van der Waals surface area contributed by atoms with Gasteiger partial charge >= 0.3 is 5.97 Å². The lowest BCUT2D eigenvalue weighted by atomic mass is 9.98. The van der Waals surface area contributed by atoms with Crippen molar-refractivity contribution in [2.24, 2.45) is 7.05 Å². The average molecular weight is 356 g/mol. The molecule has 0 fully saturated rings. The van der Waals surface area contributed by atoms with E-state index >= 15 is 0 Å². The molecule has 0 aliphatic carbocycles. The summed E-state index contributed by atoms with van der Waals surface area (Å²) in [5, 5.41) is 2.83. The number of rotatable bonds is 6. The zero-order valence-corrected chi connectivity index (χ0v) is 15.8. The maximum atomic E-state index is 12.2. The normalized spacial score (nSPS) is 10.7. The van der Waals surface area contributed by atoms with Crippen LogP contribution in [-0.2, 0) is 16.6 Å². The summed E-state index contributed by atoms with van der Waals surface area (Å²) in [5.41, 5.74) is 3.37. The fraction of sp³-hybridized carbons (Fsp3) is 0.350. The molecule has 6 nitrogen and oxygen atoms in total. The van der Waals surface area contributed by atoms with Crippen LogP contribution in [0.3, 0.4) is 0 Å². The first-order chi connectivity index (χ1) is 12.2. The second-order valence-corrected chi connectivity index (χ2v) is 6.60. The number of nitrogens with one attached hydrogen (secondary N) is 1. The van der Waals surface area contributed by atoms with E-state index in [1.54, 1.807) is 13.2 Å². The van der Waals surface area contributed by atoms with Gasteiger partial charge in [0.15, 0.2) is 12.4 Å². The van der Waals surface area contributed by atoms with Crippen LogP contribution in [0.15, 0.2) is 30.5 Å². The van der Waals surface area contributed by atoms with E-state index in [-0.39, 0.29) is 17.4 Å². The van der Waals surface area contributed by atoms with Crippen molar-refractivity contribution in [3.8, 4) is 0 Å². The molecule has 1 aromatic carbocycles. The van der Waals surface area contributed by atoms with Crippen LogP contribution in [0.4, 0.5) is 5.69 Å². The van der Waals surface area contributed by atoms with Crippen LogP contribution in [0.2, 0.25) is 0 Å². The van der Waals surface area contributed by atoms with E-state index in [4.69, 9.17) is 4.74 Å². The standard InChI is InChI=1S/C20H24N2O4/c1-12(2)16-8-6-7-13(3)19(16)21-18(24)11-26-20(25)17-9-15(14(4)23)10-22(17)5/h6-10,12H,11H2,1-5H3,(H,21,24). The van der Waals surface area contributed by atoms with Gasteiger partial charge in [0.2, 0.25) is 0 Å². The van der Waals surface area contributed by atoms with Crippen molar-refractivity contribution in [3.05, 3.63) is 52.8 Å². The molecule has 1 N–H and O–H groups in total. The lowest BCUT2D eigenvalue weighted by Gasteiger charge is -2.16. The molecule has 0 aliphatic rings. The van der Waals surface area contributed by atoms with Gasteiger partial charge in [0, 0.05) is 24.5 Å². The number of amides is 1. The zero-order chi connectivity index (χ0) is 19.4. The van der Waals surface area contributed by atoms with Gasteiger partial charge < -0.3 is 14.6 Å². The molecule has 1 amide bonds. The average Bonchev–Trinajstić information content (AvgIpc) is 2.96. The SMILES string of the molecule is CC(=O)c1cc(C(=O)OCC(=O)Nc2c(C)cccc2C(C)C)n(C)c1. The maximum Gasteiger partial charge on any atom is 0.355 e. The van der Waals surface area contributed by atoms with Crippen LogP contribution in [-0.4, -0.2) is 28.8 Å². The molecule has 0 aliphatic heterocycles. The third-order valence-corrected chi connectivity index (χ3v) is 4.15. The Morgan fingerprint density at radius 2 is 1.92 bits per heavy atom. The number of para-hydroxylation sites is 1. The van der Waals surface area contributed by atoms with Gasteiger partial charge in [-0.05, 0) is 37.0 Å². The van der Waals surface area contributed by atoms with Crippen molar-refractivity contribution >= 4 is 23.3 Å². The minimum atomic E-state index is -0.649. The molecule has 138 valence electrons. The fourth-order valence-corrected chi connectivity index (χ4v) is 2.68. The van der Waals surface area contributed by atoms with E-state index in [2.05, 4.69) is 5.32 Å². The molecule has 0 radical (unpaired) electrons. The monoisotopic (exact) mass is 356 g/mol. The number of esters is 1. The second-order valence-electron chi connectivity index (χ2n) is 6.60. The molecule has 6 heteroatoms. The Morgan fingerprint density at radius 3 is 2.50 bits per heavy atom. The predicted molar refractivity (Wildman–Crippen MR) is 99.6 cm³/mol. The summed E-state index contributed by atoms with van der Waals surface area (Å²) < 4.78 is 6.60. The Kier molecular flexibility index (Phi) is 5.97. The van der Waals surface area contributed by atoms with Crippen LogP contribution in [0.1, 0.15) is 58.7 Å². The first-order valence-corrected chi connectivity index (χ1v) is 8.44. The quantitative estimate of drug-likeness (QED) is 0.635. The Balaban J connectivity index is 2.04. The Bertz CT molecular complexity index is 849. The lowest BCUT2D eigenvalue weighted by Crippen LogP contribution is -2.23. The van der Waals surface area contributed by atoms with E-state index in [9.17, 15) is 14.4 Å². The number of nitrogens with zero attached hydrogens (tertiary/aromatic N) is 1. The molecule has 0 bridgehead atoms. The zero-order valence-electron chi connectivity index (χ0n) is 15.8. The number of hydrogen-bond donors (Lipinski definition) is 1. The van der Waals surface area contributed by atoms with Gasteiger partial charge in [0.25, 0.3) is 5.91 Å². The van der Waals surface area contributed by atoms with E-state index in [1.807, 2.05) is 39.0 Å². The van der Waals surface area contributed by atoms with Gasteiger partial charge in [0.05, 0.1) is 0 Å². The molecular weight excluding hydrogens is 332 g/mol. The molecule has 2 aromatic rings. The molecule has 26 heavy (non-hydrogen) atoms. The minimum absolute atomic E-state index is 0.141. The number of aromatic nitrogens is 1. The van der Waals surface area contributed by atoms with Crippen molar-refractivity contribution < 1.29 is 19.1 Å². The highest BCUT2D eigenvalue weighted by Gasteiger charge is 2.17. The maximum absolute atomic E-state index is 12.2. The molecule has 1 aromatic heterocycles. The van der Waals surface area contributed by atoms with Crippen molar-refractivity contribution in [3.63, 3.8) is 0 Å². The van der Waals surface area contributed by atoms with Gasteiger partial charge in [-0.2, -0.15) is 0 Å². The van der Waals surface area contributed by atoms with Crippen molar-refractivity contribution in [2.45, 2.75) is 33.6 Å². The summed E-state index contributed by atoms with van der Waals surface area (Å²) in [6.07, 6.45) is 1.56. The number of carbonyl (C=O) groups is 3. The molecule has 0 atom stereocenters. The Morgan fingerprint density at radius 1 is 1.23 bits per heavy atom. The summed E-state index contributed by atoms with van der Waals surface area (Å²) in [6, 6.07) is 7.29.